The first-order valence-corrected chi connectivity index (χ1v) is 6.50. The number of hydrogen-bond donors (Lipinski definition) is 4. The summed E-state index contributed by atoms with van der Waals surface area (Å²) in [6.07, 6.45) is -1.03. The first kappa shape index (κ1) is 14.7. The van der Waals surface area contributed by atoms with Crippen molar-refractivity contribution < 1.29 is 27.9 Å². The molecule has 0 aliphatic carbocycles. The lowest BCUT2D eigenvalue weighted by Crippen LogP contribution is -2.23. The second-order valence-electron chi connectivity index (χ2n) is 3.55. The van der Waals surface area contributed by atoms with Gasteiger partial charge < -0.3 is 20.3 Å². The van der Waals surface area contributed by atoms with Crippen LogP contribution in [-0.4, -0.2) is 49.5 Å². The summed E-state index contributed by atoms with van der Waals surface area (Å²) in [5.74, 6) is 0.274. The Morgan fingerprint density at radius 3 is 2.61 bits per heavy atom. The number of ether oxygens (including phenoxy) is 1. The largest absolute Gasteiger partial charge is 0.497 e. The Hall–Kier alpha value is -1.35. The molecule has 7 nitrogen and oxygen atoms in total. The van der Waals surface area contributed by atoms with Gasteiger partial charge in [-0.2, -0.15) is 8.42 Å². The minimum absolute atomic E-state index is 0.0502. The molecule has 0 radical (unpaired) electrons. The monoisotopic (exact) mass is 277 g/mol. The zero-order valence-electron chi connectivity index (χ0n) is 9.70. The SMILES string of the molecule is COc1ccc(NCC(O)CO)c(S(=O)(=O)O)c1. The van der Waals surface area contributed by atoms with Gasteiger partial charge in [0, 0.05) is 12.6 Å². The minimum Gasteiger partial charge on any atom is -0.497 e. The highest BCUT2D eigenvalue weighted by Gasteiger charge is 2.17. The summed E-state index contributed by atoms with van der Waals surface area (Å²) < 4.78 is 36.3. The van der Waals surface area contributed by atoms with Crippen molar-refractivity contribution in [1.29, 1.82) is 0 Å². The average Bonchev–Trinajstić information content (AvgIpc) is 2.34. The summed E-state index contributed by atoms with van der Waals surface area (Å²) in [4.78, 5) is -0.355. The van der Waals surface area contributed by atoms with E-state index in [9.17, 15) is 8.42 Å². The van der Waals surface area contributed by atoms with Crippen LogP contribution in [0, 0.1) is 0 Å². The molecule has 18 heavy (non-hydrogen) atoms. The summed E-state index contributed by atoms with van der Waals surface area (Å²) in [5, 5.41) is 20.4. The van der Waals surface area contributed by atoms with E-state index in [1.165, 1.54) is 19.2 Å². The van der Waals surface area contributed by atoms with Crippen molar-refractivity contribution >= 4 is 15.8 Å². The molecule has 1 aromatic carbocycles. The van der Waals surface area contributed by atoms with Gasteiger partial charge in [-0.05, 0) is 12.1 Å². The van der Waals surface area contributed by atoms with Crippen LogP contribution in [0.5, 0.6) is 5.75 Å². The number of aliphatic hydroxyl groups is 2. The number of aliphatic hydroxyl groups excluding tert-OH is 2. The third kappa shape index (κ3) is 3.84. The third-order valence-electron chi connectivity index (χ3n) is 2.21. The van der Waals surface area contributed by atoms with Crippen LogP contribution in [-0.2, 0) is 10.1 Å². The van der Waals surface area contributed by atoms with Crippen molar-refractivity contribution in [2.24, 2.45) is 0 Å². The van der Waals surface area contributed by atoms with Crippen molar-refractivity contribution in [3.05, 3.63) is 18.2 Å². The van der Waals surface area contributed by atoms with Crippen LogP contribution in [0.15, 0.2) is 23.1 Å². The van der Waals surface area contributed by atoms with E-state index in [0.717, 1.165) is 6.07 Å². The predicted molar refractivity (Wildman–Crippen MR) is 64.4 cm³/mol. The van der Waals surface area contributed by atoms with Crippen LogP contribution in [0.25, 0.3) is 0 Å². The fourth-order valence-electron chi connectivity index (χ4n) is 1.28. The van der Waals surface area contributed by atoms with E-state index < -0.39 is 22.8 Å². The molecule has 8 heteroatoms. The van der Waals surface area contributed by atoms with Crippen molar-refractivity contribution in [2.45, 2.75) is 11.0 Å². The number of anilines is 1. The highest BCUT2D eigenvalue weighted by molar-refractivity contribution is 7.86. The van der Waals surface area contributed by atoms with E-state index in [-0.39, 0.29) is 22.9 Å². The third-order valence-corrected chi connectivity index (χ3v) is 3.10. The molecule has 0 aliphatic heterocycles. The van der Waals surface area contributed by atoms with Gasteiger partial charge in [-0.25, -0.2) is 0 Å². The Morgan fingerprint density at radius 1 is 1.44 bits per heavy atom. The van der Waals surface area contributed by atoms with Crippen LogP contribution in [0.3, 0.4) is 0 Å². The number of rotatable bonds is 6. The molecule has 0 bridgehead atoms. The van der Waals surface area contributed by atoms with E-state index in [1.807, 2.05) is 0 Å². The summed E-state index contributed by atoms with van der Waals surface area (Å²) in [6.45, 7) is -0.504. The lowest BCUT2D eigenvalue weighted by atomic mass is 10.3. The smallest absolute Gasteiger partial charge is 0.296 e. The Morgan fingerprint density at radius 2 is 2.11 bits per heavy atom. The molecule has 1 aromatic rings. The Bertz CT molecular complexity index is 501. The molecule has 0 saturated heterocycles. The van der Waals surface area contributed by atoms with Crippen molar-refractivity contribution in [3.8, 4) is 5.75 Å². The summed E-state index contributed by atoms with van der Waals surface area (Å²) >= 11 is 0. The summed E-state index contributed by atoms with van der Waals surface area (Å²) in [6, 6.07) is 4.05. The topological polar surface area (TPSA) is 116 Å². The van der Waals surface area contributed by atoms with Gasteiger partial charge in [0.15, 0.2) is 0 Å². The summed E-state index contributed by atoms with van der Waals surface area (Å²) in [5.41, 5.74) is 0.116. The van der Waals surface area contributed by atoms with E-state index in [2.05, 4.69) is 5.32 Å². The minimum atomic E-state index is -4.41. The lowest BCUT2D eigenvalue weighted by molar-refractivity contribution is 0.105. The molecule has 0 heterocycles. The van der Waals surface area contributed by atoms with Gasteiger partial charge in [-0.1, -0.05) is 0 Å². The second-order valence-corrected chi connectivity index (χ2v) is 4.94. The zero-order chi connectivity index (χ0) is 13.8. The zero-order valence-corrected chi connectivity index (χ0v) is 10.5. The van der Waals surface area contributed by atoms with Crippen molar-refractivity contribution in [3.63, 3.8) is 0 Å². The Labute approximate surface area is 105 Å². The fraction of sp³-hybridized carbons (Fsp3) is 0.400. The Balaban J connectivity index is 3.04. The molecular weight excluding hydrogens is 262 g/mol. The van der Waals surface area contributed by atoms with Crippen LogP contribution < -0.4 is 10.1 Å². The maximum Gasteiger partial charge on any atom is 0.296 e. The first-order valence-electron chi connectivity index (χ1n) is 5.06. The normalized spacial score (nSPS) is 13.1. The van der Waals surface area contributed by atoms with Crippen LogP contribution in [0.4, 0.5) is 5.69 Å². The average molecular weight is 277 g/mol. The van der Waals surface area contributed by atoms with E-state index >= 15 is 0 Å². The van der Waals surface area contributed by atoms with E-state index in [1.54, 1.807) is 0 Å². The molecular formula is C10H15NO6S. The van der Waals surface area contributed by atoms with Gasteiger partial charge in [0.05, 0.1) is 25.5 Å². The Kier molecular flexibility index (Phi) is 4.91. The van der Waals surface area contributed by atoms with Gasteiger partial charge in [-0.15, -0.1) is 0 Å². The van der Waals surface area contributed by atoms with Gasteiger partial charge in [-0.3, -0.25) is 4.55 Å². The van der Waals surface area contributed by atoms with Crippen LogP contribution in [0.2, 0.25) is 0 Å². The standard InChI is InChI=1S/C10H15NO6S/c1-17-8-2-3-9(11-5-7(13)6-12)10(4-8)18(14,15)16/h2-4,7,11-13H,5-6H2,1H3,(H,14,15,16). The maximum absolute atomic E-state index is 11.2. The lowest BCUT2D eigenvalue weighted by Gasteiger charge is -2.13. The summed E-state index contributed by atoms with van der Waals surface area (Å²) in [7, 11) is -3.04. The van der Waals surface area contributed by atoms with Crippen LogP contribution >= 0.6 is 0 Å². The molecule has 0 spiro atoms. The highest BCUT2D eigenvalue weighted by atomic mass is 32.2. The molecule has 0 aromatic heterocycles. The second kappa shape index (κ2) is 6.01. The molecule has 102 valence electrons. The number of benzene rings is 1. The van der Waals surface area contributed by atoms with Gasteiger partial charge in [0.2, 0.25) is 0 Å². The quantitative estimate of drug-likeness (QED) is 0.528. The van der Waals surface area contributed by atoms with Gasteiger partial charge in [0.1, 0.15) is 10.6 Å². The molecule has 0 aliphatic rings. The van der Waals surface area contributed by atoms with Crippen molar-refractivity contribution in [2.75, 3.05) is 25.6 Å². The van der Waals surface area contributed by atoms with Gasteiger partial charge >= 0.3 is 0 Å². The van der Waals surface area contributed by atoms with E-state index in [0.29, 0.717) is 0 Å². The van der Waals surface area contributed by atoms with Crippen molar-refractivity contribution in [1.82, 2.24) is 0 Å². The molecule has 0 fully saturated rings. The molecule has 0 saturated carbocycles. The molecule has 1 atom stereocenters. The molecule has 4 N–H and O–H groups in total. The predicted octanol–water partition coefficient (Wildman–Crippen LogP) is -0.293. The van der Waals surface area contributed by atoms with E-state index in [4.69, 9.17) is 19.5 Å². The first-order chi connectivity index (χ1) is 8.38. The maximum atomic E-state index is 11.2. The fourth-order valence-corrected chi connectivity index (χ4v) is 1.96. The number of methoxy groups -OCH3 is 1. The highest BCUT2D eigenvalue weighted by Crippen LogP contribution is 2.26. The van der Waals surface area contributed by atoms with Crippen LogP contribution in [0.1, 0.15) is 0 Å². The molecule has 1 rings (SSSR count). The molecule has 1 unspecified atom stereocenters. The number of hydrogen-bond acceptors (Lipinski definition) is 6. The number of nitrogens with one attached hydrogen (secondary N) is 1. The van der Waals surface area contributed by atoms with Gasteiger partial charge in [0.25, 0.3) is 10.1 Å². The molecule has 0 amide bonds.